The highest BCUT2D eigenvalue weighted by molar-refractivity contribution is 7.90. The number of sulfonamides is 1. The molecule has 1 aliphatic heterocycles. The van der Waals surface area contributed by atoms with Gasteiger partial charge in [0.05, 0.1) is 12.1 Å². The Balaban J connectivity index is 1.65. The third-order valence-corrected chi connectivity index (χ3v) is 6.53. The number of hydrogen-bond donors (Lipinski definition) is 0. The number of hydrogen-bond acceptors (Lipinski definition) is 4. The highest BCUT2D eigenvalue weighted by Gasteiger charge is 2.42. The molecule has 0 atom stereocenters. The van der Waals surface area contributed by atoms with Gasteiger partial charge < -0.3 is 4.90 Å². The fourth-order valence-electron chi connectivity index (χ4n) is 3.29. The van der Waals surface area contributed by atoms with Gasteiger partial charge in [0.2, 0.25) is 5.91 Å². The largest absolute Gasteiger partial charge is 0.306 e. The van der Waals surface area contributed by atoms with Crippen LogP contribution < -0.4 is 4.90 Å². The van der Waals surface area contributed by atoms with Crippen LogP contribution in [0.3, 0.4) is 0 Å². The predicted molar refractivity (Wildman–Crippen MR) is 109 cm³/mol. The van der Waals surface area contributed by atoms with Gasteiger partial charge in [-0.05, 0) is 29.8 Å². The maximum Gasteiger partial charge on any atom is 0.269 e. The monoisotopic (exact) mass is 406 g/mol. The predicted octanol–water partition coefficient (Wildman–Crippen LogP) is 3.06. The van der Waals surface area contributed by atoms with Crippen molar-refractivity contribution in [2.45, 2.75) is 11.4 Å². The molecule has 0 unspecified atom stereocenters. The van der Waals surface area contributed by atoms with Crippen molar-refractivity contribution < 1.29 is 18.0 Å². The first-order chi connectivity index (χ1) is 14.0. The van der Waals surface area contributed by atoms with Crippen LogP contribution in [0.2, 0.25) is 0 Å². The summed E-state index contributed by atoms with van der Waals surface area (Å²) in [6, 6.07) is 24.4. The number of nitrogens with zero attached hydrogens (tertiary/aromatic N) is 2. The topological polar surface area (TPSA) is 74.8 Å². The Morgan fingerprint density at radius 1 is 0.828 bits per heavy atom. The van der Waals surface area contributed by atoms with E-state index >= 15 is 0 Å². The average molecular weight is 406 g/mol. The van der Waals surface area contributed by atoms with Gasteiger partial charge in [0.1, 0.15) is 11.4 Å². The van der Waals surface area contributed by atoms with E-state index in [4.69, 9.17) is 0 Å². The smallest absolute Gasteiger partial charge is 0.269 e. The average Bonchev–Trinajstić information content (AvgIpc) is 2.94. The molecule has 1 heterocycles. The molecule has 3 aromatic rings. The van der Waals surface area contributed by atoms with Crippen LogP contribution in [0, 0.1) is 0 Å². The van der Waals surface area contributed by atoms with Crippen molar-refractivity contribution in [2.24, 2.45) is 0 Å². The summed E-state index contributed by atoms with van der Waals surface area (Å²) in [5, 5.41) is 0. The van der Waals surface area contributed by atoms with E-state index in [9.17, 15) is 18.0 Å². The first-order valence-electron chi connectivity index (χ1n) is 9.04. The molecule has 3 aromatic carbocycles. The third kappa shape index (κ3) is 3.52. The zero-order valence-corrected chi connectivity index (χ0v) is 16.2. The van der Waals surface area contributed by atoms with Crippen LogP contribution in [0.5, 0.6) is 0 Å². The van der Waals surface area contributed by atoms with E-state index in [1.165, 1.54) is 17.0 Å². The second kappa shape index (κ2) is 7.52. The normalized spacial score (nSPS) is 14.5. The molecule has 0 N–H and O–H groups in total. The zero-order chi connectivity index (χ0) is 20.4. The first-order valence-corrected chi connectivity index (χ1v) is 10.5. The molecular weight excluding hydrogens is 388 g/mol. The number of para-hydroxylation sites is 1. The number of fused-ring (bicyclic) bond motifs is 1. The molecule has 146 valence electrons. The number of carbonyl (C=O) groups is 2. The summed E-state index contributed by atoms with van der Waals surface area (Å²) >= 11 is 0. The van der Waals surface area contributed by atoms with Crippen molar-refractivity contribution in [3.8, 4) is 0 Å². The van der Waals surface area contributed by atoms with Gasteiger partial charge in [-0.3, -0.25) is 9.59 Å². The molecule has 0 aromatic heterocycles. The molecule has 7 heteroatoms. The maximum atomic E-state index is 13.2. The molecule has 0 bridgehead atoms. The van der Waals surface area contributed by atoms with E-state index in [2.05, 4.69) is 0 Å². The van der Waals surface area contributed by atoms with E-state index < -0.39 is 28.4 Å². The van der Waals surface area contributed by atoms with E-state index in [-0.39, 0.29) is 17.0 Å². The Morgan fingerprint density at radius 3 is 2.07 bits per heavy atom. The molecule has 1 aliphatic rings. The van der Waals surface area contributed by atoms with Gasteiger partial charge >= 0.3 is 0 Å². The second-order valence-electron chi connectivity index (χ2n) is 6.61. The van der Waals surface area contributed by atoms with Crippen LogP contribution in [-0.2, 0) is 21.4 Å². The van der Waals surface area contributed by atoms with Crippen LogP contribution >= 0.6 is 0 Å². The Kier molecular flexibility index (Phi) is 4.90. The van der Waals surface area contributed by atoms with Crippen LogP contribution in [0.15, 0.2) is 89.8 Å². The van der Waals surface area contributed by atoms with Gasteiger partial charge in [-0.25, -0.2) is 12.7 Å². The van der Waals surface area contributed by atoms with Gasteiger partial charge in [-0.2, -0.15) is 0 Å². The van der Waals surface area contributed by atoms with Crippen LogP contribution in [-0.4, -0.2) is 31.1 Å². The highest BCUT2D eigenvalue weighted by Crippen LogP contribution is 2.30. The Labute approximate surface area is 169 Å². The van der Waals surface area contributed by atoms with Crippen molar-refractivity contribution in [3.63, 3.8) is 0 Å². The number of amides is 2. The van der Waals surface area contributed by atoms with E-state index in [0.29, 0.717) is 9.99 Å². The number of carbonyl (C=O) groups excluding carboxylic acids is 2. The molecule has 0 spiro atoms. The fraction of sp³-hybridized carbons (Fsp3) is 0.0909. The molecule has 29 heavy (non-hydrogen) atoms. The molecule has 2 amide bonds. The Morgan fingerprint density at radius 2 is 1.41 bits per heavy atom. The fourth-order valence-corrected chi connectivity index (χ4v) is 4.81. The van der Waals surface area contributed by atoms with Crippen molar-refractivity contribution in [2.75, 3.05) is 11.4 Å². The molecule has 0 saturated carbocycles. The van der Waals surface area contributed by atoms with Crippen LogP contribution in [0.1, 0.15) is 15.9 Å². The van der Waals surface area contributed by atoms with E-state index in [1.54, 1.807) is 36.4 Å². The molecule has 0 aliphatic carbocycles. The number of benzene rings is 3. The van der Waals surface area contributed by atoms with E-state index in [1.807, 2.05) is 36.4 Å². The lowest BCUT2D eigenvalue weighted by atomic mass is 10.2. The quantitative estimate of drug-likeness (QED) is 0.653. The summed E-state index contributed by atoms with van der Waals surface area (Å²) in [5.74, 6) is -1.16. The van der Waals surface area contributed by atoms with Gasteiger partial charge in [0, 0.05) is 5.69 Å². The molecular formula is C22H18N2O4S. The van der Waals surface area contributed by atoms with Gasteiger partial charge in [0.15, 0.2) is 0 Å². The Hall–Kier alpha value is -3.45. The molecule has 0 radical (unpaired) electrons. The molecule has 4 rings (SSSR count). The maximum absolute atomic E-state index is 13.2. The second-order valence-corrected chi connectivity index (χ2v) is 8.44. The number of anilines is 1. The van der Waals surface area contributed by atoms with Gasteiger partial charge in [-0.15, -0.1) is 0 Å². The lowest BCUT2D eigenvalue weighted by Crippen LogP contribution is -2.42. The zero-order valence-electron chi connectivity index (χ0n) is 15.4. The molecule has 0 fully saturated rings. The summed E-state index contributed by atoms with van der Waals surface area (Å²) in [7, 11) is -4.04. The summed E-state index contributed by atoms with van der Waals surface area (Å²) in [6.07, 6.45) is 0. The number of rotatable bonds is 5. The van der Waals surface area contributed by atoms with Crippen molar-refractivity contribution in [1.29, 1.82) is 0 Å². The van der Waals surface area contributed by atoms with E-state index in [0.717, 1.165) is 5.56 Å². The molecule has 6 nitrogen and oxygen atoms in total. The minimum atomic E-state index is -4.04. The lowest BCUT2D eigenvalue weighted by Gasteiger charge is -2.25. The Bertz CT molecular complexity index is 1160. The van der Waals surface area contributed by atoms with Crippen molar-refractivity contribution >= 4 is 27.5 Å². The summed E-state index contributed by atoms with van der Waals surface area (Å²) < 4.78 is 26.2. The van der Waals surface area contributed by atoms with Gasteiger partial charge in [-0.1, -0.05) is 60.7 Å². The summed E-state index contributed by atoms with van der Waals surface area (Å²) in [6.45, 7) is -0.295. The SMILES string of the molecule is O=C(CN1C(=O)c2ccccc2S1(=O)=O)N(Cc1ccccc1)c1ccccc1. The highest BCUT2D eigenvalue weighted by atomic mass is 32.2. The van der Waals surface area contributed by atoms with Gasteiger partial charge in [0.25, 0.3) is 15.9 Å². The standard InChI is InChI=1S/C22H18N2O4S/c25-21(16-24-22(26)19-13-7-8-14-20(19)29(24,27)28)23(18-11-5-2-6-12-18)15-17-9-3-1-4-10-17/h1-14H,15-16H2. The third-order valence-electron chi connectivity index (χ3n) is 4.74. The van der Waals surface area contributed by atoms with Crippen molar-refractivity contribution in [1.82, 2.24) is 4.31 Å². The summed E-state index contributed by atoms with van der Waals surface area (Å²) in [4.78, 5) is 27.2. The van der Waals surface area contributed by atoms with Crippen molar-refractivity contribution in [3.05, 3.63) is 96.1 Å². The van der Waals surface area contributed by atoms with Crippen LogP contribution in [0.4, 0.5) is 5.69 Å². The summed E-state index contributed by atoms with van der Waals surface area (Å²) in [5.41, 5.74) is 1.61. The minimum Gasteiger partial charge on any atom is -0.306 e. The lowest BCUT2D eigenvalue weighted by molar-refractivity contribution is -0.118. The minimum absolute atomic E-state index is 0.0629. The van der Waals surface area contributed by atoms with Crippen LogP contribution in [0.25, 0.3) is 0 Å². The molecule has 0 saturated heterocycles. The first kappa shape index (κ1) is 18.9.